The van der Waals surface area contributed by atoms with E-state index in [-0.39, 0.29) is 5.78 Å². The van der Waals surface area contributed by atoms with Crippen molar-refractivity contribution in [3.05, 3.63) is 54.5 Å². The standard InChI is InChI=1S/C26H32N4O3/c1-4-21(31)12-6-5-7-13-22(29-25(32)26(33)30(2)3)24-27-17-23(28-24)20-15-14-18-10-8-9-11-19(18)16-20/h8-11,14-17,22H,4-7,12-13H2,1-3H3,(H,27,28)(H,29,32)/t22-/m0/s1. The summed E-state index contributed by atoms with van der Waals surface area (Å²) in [4.78, 5) is 45.1. The summed E-state index contributed by atoms with van der Waals surface area (Å²) in [7, 11) is 3.10. The Balaban J connectivity index is 1.74. The highest BCUT2D eigenvalue weighted by Crippen LogP contribution is 2.25. The zero-order valence-electron chi connectivity index (χ0n) is 19.6. The van der Waals surface area contributed by atoms with E-state index in [1.54, 1.807) is 20.3 Å². The Morgan fingerprint density at radius 1 is 1.03 bits per heavy atom. The van der Waals surface area contributed by atoms with E-state index in [4.69, 9.17) is 0 Å². The first-order valence-corrected chi connectivity index (χ1v) is 11.5. The Morgan fingerprint density at radius 2 is 1.79 bits per heavy atom. The Kier molecular flexibility index (Phi) is 8.35. The normalized spacial score (nSPS) is 11.8. The number of Topliss-reactive ketones (excluding diaryl/α,β-unsaturated/α-hetero) is 1. The number of hydrogen-bond donors (Lipinski definition) is 2. The monoisotopic (exact) mass is 448 g/mol. The van der Waals surface area contributed by atoms with Gasteiger partial charge in [-0.2, -0.15) is 0 Å². The van der Waals surface area contributed by atoms with Crippen LogP contribution in [0.3, 0.4) is 0 Å². The van der Waals surface area contributed by atoms with Gasteiger partial charge in [0.25, 0.3) is 0 Å². The SMILES string of the molecule is CCC(=O)CCCCC[C@H](NC(=O)C(=O)N(C)C)c1ncc(-c2ccc3ccccc3c2)[nH]1. The van der Waals surface area contributed by atoms with Gasteiger partial charge in [0.1, 0.15) is 11.6 Å². The van der Waals surface area contributed by atoms with Crippen molar-refractivity contribution in [1.82, 2.24) is 20.2 Å². The number of carbonyl (C=O) groups is 3. The van der Waals surface area contributed by atoms with Gasteiger partial charge in [-0.15, -0.1) is 0 Å². The molecule has 0 saturated heterocycles. The summed E-state index contributed by atoms with van der Waals surface area (Å²) >= 11 is 0. The molecule has 3 rings (SSSR count). The molecule has 1 aromatic heterocycles. The second-order valence-electron chi connectivity index (χ2n) is 8.46. The zero-order valence-corrected chi connectivity index (χ0v) is 19.6. The van der Waals surface area contributed by atoms with Gasteiger partial charge in [-0.05, 0) is 29.7 Å². The van der Waals surface area contributed by atoms with E-state index in [0.717, 1.165) is 41.3 Å². The summed E-state index contributed by atoms with van der Waals surface area (Å²) in [5.74, 6) is -0.380. The molecule has 33 heavy (non-hydrogen) atoms. The minimum atomic E-state index is -0.658. The highest BCUT2D eigenvalue weighted by Gasteiger charge is 2.23. The first-order chi connectivity index (χ1) is 15.9. The molecule has 7 nitrogen and oxygen atoms in total. The third-order valence-electron chi connectivity index (χ3n) is 5.73. The lowest BCUT2D eigenvalue weighted by Gasteiger charge is -2.18. The fraction of sp³-hybridized carbons (Fsp3) is 0.385. The van der Waals surface area contributed by atoms with Crippen LogP contribution in [0.5, 0.6) is 0 Å². The number of aromatic nitrogens is 2. The molecule has 0 bridgehead atoms. The van der Waals surface area contributed by atoms with Crippen molar-refractivity contribution in [2.24, 2.45) is 0 Å². The second-order valence-corrected chi connectivity index (χ2v) is 8.46. The van der Waals surface area contributed by atoms with E-state index in [1.807, 2.05) is 25.1 Å². The molecule has 2 aromatic carbocycles. The Morgan fingerprint density at radius 3 is 2.52 bits per heavy atom. The number of rotatable bonds is 10. The number of amides is 2. The fourth-order valence-electron chi connectivity index (χ4n) is 3.74. The van der Waals surface area contributed by atoms with E-state index >= 15 is 0 Å². The van der Waals surface area contributed by atoms with Crippen molar-refractivity contribution in [2.45, 2.75) is 51.5 Å². The number of H-pyrrole nitrogens is 1. The van der Waals surface area contributed by atoms with Crippen molar-refractivity contribution < 1.29 is 14.4 Å². The van der Waals surface area contributed by atoms with Crippen LogP contribution in [-0.4, -0.2) is 46.6 Å². The van der Waals surface area contributed by atoms with Gasteiger partial charge < -0.3 is 15.2 Å². The summed E-state index contributed by atoms with van der Waals surface area (Å²) in [6.07, 6.45) is 6.03. The molecule has 0 aliphatic rings. The number of imidazole rings is 1. The predicted molar refractivity (Wildman–Crippen MR) is 129 cm³/mol. The van der Waals surface area contributed by atoms with Crippen LogP contribution in [0.25, 0.3) is 22.0 Å². The molecule has 0 aliphatic heterocycles. The van der Waals surface area contributed by atoms with Crippen LogP contribution in [0.15, 0.2) is 48.7 Å². The van der Waals surface area contributed by atoms with E-state index in [1.165, 1.54) is 4.90 Å². The average molecular weight is 449 g/mol. The molecule has 7 heteroatoms. The van der Waals surface area contributed by atoms with E-state index in [9.17, 15) is 14.4 Å². The molecule has 2 N–H and O–H groups in total. The van der Waals surface area contributed by atoms with Gasteiger partial charge in [-0.25, -0.2) is 4.98 Å². The first kappa shape index (κ1) is 24.2. The number of benzene rings is 2. The number of hydrogen-bond acceptors (Lipinski definition) is 4. The first-order valence-electron chi connectivity index (χ1n) is 11.5. The molecule has 1 heterocycles. The van der Waals surface area contributed by atoms with Crippen LogP contribution < -0.4 is 5.32 Å². The highest BCUT2D eigenvalue weighted by molar-refractivity contribution is 6.34. The van der Waals surface area contributed by atoms with Crippen LogP contribution in [-0.2, 0) is 14.4 Å². The molecule has 2 amide bonds. The summed E-state index contributed by atoms with van der Waals surface area (Å²) < 4.78 is 0. The molecule has 3 aromatic rings. The molecular formula is C26H32N4O3. The molecule has 1 atom stereocenters. The molecular weight excluding hydrogens is 416 g/mol. The van der Waals surface area contributed by atoms with Gasteiger partial charge in [-0.1, -0.05) is 56.2 Å². The Hall–Kier alpha value is -3.48. The van der Waals surface area contributed by atoms with Crippen LogP contribution >= 0.6 is 0 Å². The lowest BCUT2D eigenvalue weighted by Crippen LogP contribution is -2.41. The van der Waals surface area contributed by atoms with Crippen LogP contribution in [0.1, 0.15) is 57.3 Å². The third-order valence-corrected chi connectivity index (χ3v) is 5.73. The quantitative estimate of drug-likeness (QED) is 0.355. The van der Waals surface area contributed by atoms with Crippen molar-refractivity contribution in [1.29, 1.82) is 0 Å². The van der Waals surface area contributed by atoms with Crippen LogP contribution in [0, 0.1) is 0 Å². The maximum atomic E-state index is 12.4. The van der Waals surface area contributed by atoms with Crippen LogP contribution in [0.2, 0.25) is 0 Å². The van der Waals surface area contributed by atoms with E-state index in [0.29, 0.717) is 25.1 Å². The number of unbranched alkanes of at least 4 members (excludes halogenated alkanes) is 2. The number of fused-ring (bicyclic) bond motifs is 1. The van der Waals surface area contributed by atoms with Crippen molar-refractivity contribution in [3.8, 4) is 11.3 Å². The van der Waals surface area contributed by atoms with Gasteiger partial charge in [0.15, 0.2) is 0 Å². The molecule has 174 valence electrons. The fourth-order valence-corrected chi connectivity index (χ4v) is 3.74. The van der Waals surface area contributed by atoms with Gasteiger partial charge in [0.2, 0.25) is 0 Å². The lowest BCUT2D eigenvalue weighted by molar-refractivity contribution is -0.144. The summed E-state index contributed by atoms with van der Waals surface area (Å²) in [6, 6.07) is 13.9. The molecule has 0 radical (unpaired) electrons. The Bertz CT molecular complexity index is 1120. The number of carbonyl (C=O) groups excluding carboxylic acids is 3. The number of nitrogens with one attached hydrogen (secondary N) is 2. The van der Waals surface area contributed by atoms with E-state index < -0.39 is 17.9 Å². The largest absolute Gasteiger partial charge is 0.341 e. The zero-order chi connectivity index (χ0) is 23.8. The number of nitrogens with zero attached hydrogens (tertiary/aromatic N) is 2. The predicted octanol–water partition coefficient (Wildman–Crippen LogP) is 4.41. The molecule has 0 unspecified atom stereocenters. The lowest BCUT2D eigenvalue weighted by atomic mass is 10.0. The second kappa shape index (κ2) is 11.4. The number of ketones is 1. The third kappa shape index (κ3) is 6.51. The van der Waals surface area contributed by atoms with Crippen molar-refractivity contribution in [3.63, 3.8) is 0 Å². The minimum absolute atomic E-state index is 0.266. The molecule has 0 saturated carbocycles. The minimum Gasteiger partial charge on any atom is -0.341 e. The summed E-state index contributed by atoms with van der Waals surface area (Å²) in [5.41, 5.74) is 1.85. The van der Waals surface area contributed by atoms with Crippen molar-refractivity contribution >= 4 is 28.4 Å². The molecule has 0 spiro atoms. The van der Waals surface area contributed by atoms with Gasteiger partial charge >= 0.3 is 11.8 Å². The maximum absolute atomic E-state index is 12.4. The summed E-state index contributed by atoms with van der Waals surface area (Å²) in [5, 5.41) is 5.12. The van der Waals surface area contributed by atoms with Gasteiger partial charge in [-0.3, -0.25) is 14.4 Å². The van der Waals surface area contributed by atoms with E-state index in [2.05, 4.69) is 39.6 Å². The molecule has 0 aliphatic carbocycles. The maximum Gasteiger partial charge on any atom is 0.311 e. The average Bonchev–Trinajstić information content (AvgIpc) is 3.32. The van der Waals surface area contributed by atoms with Gasteiger partial charge in [0, 0.05) is 32.5 Å². The number of likely N-dealkylation sites (N-methyl/N-ethyl adjacent to an activating group) is 1. The summed E-state index contributed by atoms with van der Waals surface area (Å²) in [6.45, 7) is 1.87. The Labute approximate surface area is 194 Å². The van der Waals surface area contributed by atoms with Crippen molar-refractivity contribution in [2.75, 3.05) is 14.1 Å². The number of aromatic amines is 1. The van der Waals surface area contributed by atoms with Crippen LogP contribution in [0.4, 0.5) is 0 Å². The topological polar surface area (TPSA) is 95.2 Å². The van der Waals surface area contributed by atoms with Gasteiger partial charge in [0.05, 0.1) is 17.9 Å². The smallest absolute Gasteiger partial charge is 0.311 e. The highest BCUT2D eigenvalue weighted by atomic mass is 16.2. The molecule has 0 fully saturated rings.